The van der Waals surface area contributed by atoms with Gasteiger partial charge in [-0.2, -0.15) is 0 Å². The fourth-order valence-electron chi connectivity index (χ4n) is 1.37. The van der Waals surface area contributed by atoms with Crippen LogP contribution < -0.4 is 0 Å². The minimum Gasteiger partial charge on any atom is -0.381 e. The average molecular weight is 318 g/mol. The Labute approximate surface area is 95.7 Å². The monoisotopic (exact) mass is 318 g/mol. The lowest BCUT2D eigenvalue weighted by Crippen LogP contribution is -2.32. The summed E-state index contributed by atoms with van der Waals surface area (Å²) in [6.45, 7) is 5.17. The number of hydrogen-bond donors (Lipinski definition) is 0. The van der Waals surface area contributed by atoms with E-state index >= 15 is 0 Å². The van der Waals surface area contributed by atoms with E-state index in [1.807, 2.05) is 0 Å². The summed E-state index contributed by atoms with van der Waals surface area (Å²) in [7, 11) is 1.35. The molecule has 0 spiro atoms. The molecule has 0 saturated carbocycles. The van der Waals surface area contributed by atoms with Gasteiger partial charge in [0.1, 0.15) is 0 Å². The van der Waals surface area contributed by atoms with Gasteiger partial charge in [-0.05, 0) is 6.42 Å². The van der Waals surface area contributed by atoms with E-state index in [-0.39, 0.29) is 0 Å². The first-order valence-corrected chi connectivity index (χ1v) is 7.72. The summed E-state index contributed by atoms with van der Waals surface area (Å²) in [5, 5.41) is 0. The quantitative estimate of drug-likeness (QED) is 0.442. The maximum atomic E-state index is 5.68. The van der Waals surface area contributed by atoms with Crippen molar-refractivity contribution in [2.24, 2.45) is 5.92 Å². The summed E-state index contributed by atoms with van der Waals surface area (Å²) < 4.78 is 16.1. The van der Waals surface area contributed by atoms with Crippen LogP contribution in [0.5, 0.6) is 0 Å². The summed E-state index contributed by atoms with van der Waals surface area (Å²) >= 11 is 2.10. The molecule has 1 aliphatic heterocycles. The maximum Gasteiger partial charge on any atom is 0.0857 e. The molecule has 1 fully saturated rings. The molecule has 78 valence electrons. The van der Waals surface area contributed by atoms with Gasteiger partial charge in [0.15, 0.2) is 0 Å². The second-order valence-electron chi connectivity index (χ2n) is 3.14. The highest BCUT2D eigenvalue weighted by molar-refractivity contribution is 14.2. The third-order valence-electron chi connectivity index (χ3n) is 2.11. The molecular weight excluding hydrogens is 303 g/mol. The van der Waals surface area contributed by atoms with Crippen LogP contribution in [0.25, 0.3) is 0 Å². The van der Waals surface area contributed by atoms with E-state index in [9.17, 15) is 0 Å². The molecule has 0 aromatic carbocycles. The van der Waals surface area contributed by atoms with Crippen molar-refractivity contribution < 1.29 is 13.7 Å². The predicted octanol–water partition coefficient (Wildman–Crippen LogP) is 2.44. The summed E-state index contributed by atoms with van der Waals surface area (Å²) in [5.74, 6) is 0.515. The largest absolute Gasteiger partial charge is 0.381 e. The smallest absolute Gasteiger partial charge is 0.0857 e. The molecule has 0 aliphatic carbocycles. The number of hydrogen-bond acceptors (Lipinski definition) is 4. The lowest BCUT2D eigenvalue weighted by Gasteiger charge is -2.28. The molecule has 1 saturated heterocycles. The van der Waals surface area contributed by atoms with Gasteiger partial charge in [-0.3, -0.25) is 0 Å². The molecule has 2 unspecified atom stereocenters. The lowest BCUT2D eigenvalue weighted by molar-refractivity contribution is -0.0722. The topological polar surface area (TPSA) is 27.7 Å². The van der Waals surface area contributed by atoms with Crippen LogP contribution in [0.4, 0.5) is 0 Å². The zero-order chi connectivity index (χ0) is 9.52. The van der Waals surface area contributed by atoms with Crippen LogP contribution in [-0.2, 0) is 13.7 Å². The molecule has 1 rings (SSSR count). The molecular formula is C8H15IO3S. The standard InChI is InChI=1S/C8H15IO3S/c1-7-6-10-3-2-8(7)11-4-5-12-13-9/h7-8H,2-6H2,1H3. The molecule has 2 atom stereocenters. The molecule has 3 nitrogen and oxygen atoms in total. The van der Waals surface area contributed by atoms with E-state index in [0.29, 0.717) is 25.2 Å². The third-order valence-corrected chi connectivity index (χ3v) is 3.12. The molecule has 0 radical (unpaired) electrons. The molecule has 0 bridgehead atoms. The van der Waals surface area contributed by atoms with E-state index in [2.05, 4.69) is 28.1 Å². The summed E-state index contributed by atoms with van der Waals surface area (Å²) in [6.07, 6.45) is 1.37. The first-order chi connectivity index (χ1) is 6.34. The van der Waals surface area contributed by atoms with E-state index < -0.39 is 0 Å². The van der Waals surface area contributed by atoms with Gasteiger partial charge >= 0.3 is 0 Å². The van der Waals surface area contributed by atoms with Gasteiger partial charge in [-0.15, -0.1) is 0 Å². The Morgan fingerprint density at radius 2 is 2.38 bits per heavy atom. The lowest BCUT2D eigenvalue weighted by atomic mass is 10.0. The van der Waals surface area contributed by atoms with Crippen LogP contribution in [-0.4, -0.2) is 32.5 Å². The van der Waals surface area contributed by atoms with Gasteiger partial charge in [0.25, 0.3) is 0 Å². The molecule has 0 N–H and O–H groups in total. The van der Waals surface area contributed by atoms with Crippen LogP contribution in [0.2, 0.25) is 0 Å². The second-order valence-corrected chi connectivity index (χ2v) is 4.58. The van der Waals surface area contributed by atoms with Crippen molar-refractivity contribution in [1.82, 2.24) is 0 Å². The van der Waals surface area contributed by atoms with Crippen molar-refractivity contribution in [3.63, 3.8) is 0 Å². The molecule has 0 aromatic rings. The van der Waals surface area contributed by atoms with Crippen molar-refractivity contribution in [2.45, 2.75) is 19.4 Å². The Kier molecular flexibility index (Phi) is 6.74. The van der Waals surface area contributed by atoms with Gasteiger partial charge in [-0.25, -0.2) is 0 Å². The first kappa shape index (κ1) is 12.0. The van der Waals surface area contributed by atoms with Gasteiger partial charge in [0.2, 0.25) is 0 Å². The van der Waals surface area contributed by atoms with Crippen LogP contribution in [0.3, 0.4) is 0 Å². The van der Waals surface area contributed by atoms with Crippen LogP contribution in [0, 0.1) is 5.92 Å². The van der Waals surface area contributed by atoms with Gasteiger partial charge < -0.3 is 13.7 Å². The summed E-state index contributed by atoms with van der Waals surface area (Å²) in [6, 6.07) is 0. The summed E-state index contributed by atoms with van der Waals surface area (Å²) in [4.78, 5) is 0. The van der Waals surface area contributed by atoms with E-state index in [0.717, 1.165) is 19.6 Å². The summed E-state index contributed by atoms with van der Waals surface area (Å²) in [5.41, 5.74) is 0. The van der Waals surface area contributed by atoms with Crippen molar-refractivity contribution in [3.8, 4) is 0 Å². The molecule has 13 heavy (non-hydrogen) atoms. The first-order valence-electron chi connectivity index (χ1n) is 4.44. The predicted molar refractivity (Wildman–Crippen MR) is 61.9 cm³/mol. The maximum absolute atomic E-state index is 5.68. The van der Waals surface area contributed by atoms with E-state index in [4.69, 9.17) is 13.7 Å². The van der Waals surface area contributed by atoms with Crippen molar-refractivity contribution in [2.75, 3.05) is 26.4 Å². The fraction of sp³-hybridized carbons (Fsp3) is 1.00. The zero-order valence-electron chi connectivity index (χ0n) is 7.70. The van der Waals surface area contributed by atoms with Gasteiger partial charge in [0, 0.05) is 33.7 Å². The highest BCUT2D eigenvalue weighted by atomic mass is 127. The minimum atomic E-state index is 0.358. The highest BCUT2D eigenvalue weighted by Gasteiger charge is 2.21. The number of rotatable bonds is 5. The Morgan fingerprint density at radius 1 is 1.54 bits per heavy atom. The number of halogens is 1. The van der Waals surface area contributed by atoms with Gasteiger partial charge in [-0.1, -0.05) is 6.92 Å². The average Bonchev–Trinajstić information content (AvgIpc) is 2.15. The zero-order valence-corrected chi connectivity index (χ0v) is 10.7. The van der Waals surface area contributed by atoms with Crippen molar-refractivity contribution >= 4 is 30.4 Å². The normalized spacial score (nSPS) is 29.1. The van der Waals surface area contributed by atoms with Crippen molar-refractivity contribution in [3.05, 3.63) is 0 Å². The Hall–Kier alpha value is 0.960. The molecule has 0 amide bonds. The fourth-order valence-corrected chi connectivity index (χ4v) is 2.04. The molecule has 0 aromatic heterocycles. The molecule has 5 heteroatoms. The van der Waals surface area contributed by atoms with Crippen LogP contribution in [0.1, 0.15) is 13.3 Å². The molecule has 1 heterocycles. The second kappa shape index (κ2) is 7.28. The Balaban J connectivity index is 2.05. The Bertz CT molecular complexity index is 137. The Morgan fingerprint density at radius 3 is 3.08 bits per heavy atom. The van der Waals surface area contributed by atoms with Gasteiger partial charge in [0.05, 0.1) is 35.1 Å². The number of ether oxygens (including phenoxy) is 2. The van der Waals surface area contributed by atoms with E-state index in [1.54, 1.807) is 0 Å². The van der Waals surface area contributed by atoms with Crippen molar-refractivity contribution in [1.29, 1.82) is 0 Å². The van der Waals surface area contributed by atoms with Crippen LogP contribution >= 0.6 is 30.4 Å². The SMILES string of the molecule is CC1COCCC1OCCOSI. The van der Waals surface area contributed by atoms with E-state index in [1.165, 1.54) is 9.21 Å². The third kappa shape index (κ3) is 4.83. The highest BCUT2D eigenvalue weighted by Crippen LogP contribution is 2.17. The minimum absolute atomic E-state index is 0.358. The van der Waals surface area contributed by atoms with Crippen LogP contribution in [0.15, 0.2) is 0 Å². The molecule has 1 aliphatic rings.